The summed E-state index contributed by atoms with van der Waals surface area (Å²) >= 11 is 0. The molecule has 5 nitrogen and oxygen atoms in total. The Morgan fingerprint density at radius 3 is 2.65 bits per heavy atom. The maximum atomic E-state index is 4.41. The van der Waals surface area contributed by atoms with Gasteiger partial charge < -0.3 is 10.6 Å². The van der Waals surface area contributed by atoms with E-state index in [0.29, 0.717) is 0 Å². The molecule has 0 aliphatic heterocycles. The molecule has 0 aromatic carbocycles. The fraction of sp³-hybridized carbons (Fsp3) is 0.636. The van der Waals surface area contributed by atoms with Crippen LogP contribution in [0.15, 0.2) is 11.1 Å². The summed E-state index contributed by atoms with van der Waals surface area (Å²) in [6, 6.07) is 2.10. The van der Waals surface area contributed by atoms with Gasteiger partial charge in [0.05, 0.1) is 5.69 Å². The number of hydrogen-bond acceptors (Lipinski definition) is 2. The first kappa shape index (κ1) is 16.2. The molecule has 0 atom stereocenters. The van der Waals surface area contributed by atoms with Crippen molar-refractivity contribution in [2.45, 2.75) is 26.8 Å². The minimum atomic E-state index is 0. The predicted octanol–water partition coefficient (Wildman–Crippen LogP) is 1.30. The van der Waals surface area contributed by atoms with E-state index in [-0.39, 0.29) is 24.0 Å². The van der Waals surface area contributed by atoms with E-state index < -0.39 is 0 Å². The lowest BCUT2D eigenvalue weighted by Crippen LogP contribution is -2.35. The molecule has 0 fully saturated rings. The summed E-state index contributed by atoms with van der Waals surface area (Å²) in [5.74, 6) is 0.827. The number of halogens is 1. The number of guanidine groups is 1. The first-order valence-electron chi connectivity index (χ1n) is 5.57. The van der Waals surface area contributed by atoms with E-state index in [9.17, 15) is 0 Å². The van der Waals surface area contributed by atoms with Crippen molar-refractivity contribution in [1.82, 2.24) is 20.4 Å². The smallest absolute Gasteiger partial charge is 0.190 e. The zero-order chi connectivity index (χ0) is 12.0. The van der Waals surface area contributed by atoms with Crippen molar-refractivity contribution in [3.8, 4) is 0 Å². The maximum Gasteiger partial charge on any atom is 0.190 e. The number of nitrogens with zero attached hydrogens (tertiary/aromatic N) is 3. The van der Waals surface area contributed by atoms with Gasteiger partial charge in [-0.25, -0.2) is 0 Å². The molecule has 1 heterocycles. The van der Waals surface area contributed by atoms with Gasteiger partial charge in [-0.05, 0) is 26.3 Å². The highest BCUT2D eigenvalue weighted by atomic mass is 127. The Labute approximate surface area is 120 Å². The largest absolute Gasteiger partial charge is 0.359 e. The van der Waals surface area contributed by atoms with Crippen molar-refractivity contribution in [2.24, 2.45) is 4.99 Å². The van der Waals surface area contributed by atoms with E-state index in [1.54, 1.807) is 7.05 Å². The van der Waals surface area contributed by atoms with Crippen molar-refractivity contribution < 1.29 is 0 Å². The summed E-state index contributed by atoms with van der Waals surface area (Å²) < 4.78 is 2.04. The van der Waals surface area contributed by atoms with Crippen molar-refractivity contribution in [3.63, 3.8) is 0 Å². The van der Waals surface area contributed by atoms with Gasteiger partial charge in [-0.3, -0.25) is 9.67 Å². The van der Waals surface area contributed by atoms with Gasteiger partial charge in [0, 0.05) is 32.9 Å². The average molecular weight is 351 g/mol. The Bertz CT molecular complexity index is 359. The molecule has 0 spiro atoms. The van der Waals surface area contributed by atoms with Crippen LogP contribution in [0, 0.1) is 13.8 Å². The first-order chi connectivity index (χ1) is 7.67. The Hall–Kier alpha value is -0.790. The molecule has 0 aliphatic rings. The van der Waals surface area contributed by atoms with Crippen LogP contribution in [0.4, 0.5) is 0 Å². The molecule has 0 unspecified atom stereocenters. The van der Waals surface area contributed by atoms with Gasteiger partial charge in [0.15, 0.2) is 5.96 Å². The zero-order valence-corrected chi connectivity index (χ0v) is 13.3. The molecule has 0 bridgehead atoms. The van der Waals surface area contributed by atoms with Gasteiger partial charge in [0.1, 0.15) is 0 Å². The minimum Gasteiger partial charge on any atom is -0.359 e. The molecule has 0 amide bonds. The molecule has 1 aromatic heterocycles. The van der Waals surface area contributed by atoms with E-state index in [1.165, 1.54) is 5.69 Å². The molecule has 0 saturated carbocycles. The number of aromatic nitrogens is 2. The van der Waals surface area contributed by atoms with Crippen LogP contribution in [-0.2, 0) is 6.54 Å². The number of rotatable bonds is 4. The molecule has 98 valence electrons. The van der Waals surface area contributed by atoms with Gasteiger partial charge in [0.25, 0.3) is 0 Å². The minimum absolute atomic E-state index is 0. The Morgan fingerprint density at radius 2 is 2.18 bits per heavy atom. The number of aliphatic imine (C=N–C) groups is 1. The normalized spacial score (nSPS) is 10.9. The number of hydrogen-bond donors (Lipinski definition) is 2. The van der Waals surface area contributed by atoms with Crippen LogP contribution in [0.5, 0.6) is 0 Å². The second-order valence-electron chi connectivity index (χ2n) is 3.75. The Balaban J connectivity index is 0.00000256. The average Bonchev–Trinajstić information content (AvgIpc) is 2.58. The molecule has 6 heteroatoms. The summed E-state index contributed by atoms with van der Waals surface area (Å²) in [6.45, 7) is 5.93. The third kappa shape index (κ3) is 5.38. The lowest BCUT2D eigenvalue weighted by molar-refractivity contribution is 0.556. The lowest BCUT2D eigenvalue weighted by Gasteiger charge is -2.08. The fourth-order valence-electron chi connectivity index (χ4n) is 1.62. The van der Waals surface area contributed by atoms with Crippen LogP contribution in [0.25, 0.3) is 0 Å². The number of aryl methyl sites for hydroxylation is 3. The van der Waals surface area contributed by atoms with Gasteiger partial charge in [-0.2, -0.15) is 5.10 Å². The SMILES string of the molecule is CN=C(NC)NCCCn1nc(C)cc1C.I. The highest BCUT2D eigenvalue weighted by Crippen LogP contribution is 2.01. The lowest BCUT2D eigenvalue weighted by atomic mass is 10.4. The molecule has 2 N–H and O–H groups in total. The van der Waals surface area contributed by atoms with Gasteiger partial charge in [-0.1, -0.05) is 0 Å². The van der Waals surface area contributed by atoms with Crippen molar-refractivity contribution >= 4 is 29.9 Å². The molecule has 1 aromatic rings. The molecular weight excluding hydrogens is 329 g/mol. The van der Waals surface area contributed by atoms with Crippen molar-refractivity contribution in [1.29, 1.82) is 0 Å². The van der Waals surface area contributed by atoms with Gasteiger partial charge in [-0.15, -0.1) is 24.0 Å². The van der Waals surface area contributed by atoms with Crippen LogP contribution in [0.2, 0.25) is 0 Å². The third-order valence-electron chi connectivity index (χ3n) is 2.40. The standard InChI is InChI=1S/C11H21N5.HI/c1-9-8-10(2)16(15-9)7-5-6-14-11(12-3)13-4;/h8H,5-7H2,1-4H3,(H2,12,13,14);1H. The van der Waals surface area contributed by atoms with Gasteiger partial charge in [0.2, 0.25) is 0 Å². The van der Waals surface area contributed by atoms with Gasteiger partial charge >= 0.3 is 0 Å². The highest BCUT2D eigenvalue weighted by molar-refractivity contribution is 14.0. The summed E-state index contributed by atoms with van der Waals surface area (Å²) in [5, 5.41) is 10.6. The Kier molecular flexibility index (Phi) is 7.94. The second-order valence-corrected chi connectivity index (χ2v) is 3.75. The van der Waals surface area contributed by atoms with Crippen LogP contribution < -0.4 is 10.6 Å². The van der Waals surface area contributed by atoms with E-state index >= 15 is 0 Å². The van der Waals surface area contributed by atoms with E-state index in [4.69, 9.17) is 0 Å². The molecule has 0 aliphatic carbocycles. The summed E-state index contributed by atoms with van der Waals surface area (Å²) in [4.78, 5) is 4.04. The van der Waals surface area contributed by atoms with Crippen LogP contribution in [-0.4, -0.2) is 36.4 Å². The van der Waals surface area contributed by atoms with Crippen molar-refractivity contribution in [2.75, 3.05) is 20.6 Å². The summed E-state index contributed by atoms with van der Waals surface area (Å²) in [5.41, 5.74) is 2.30. The second kappa shape index (κ2) is 8.32. The zero-order valence-electron chi connectivity index (χ0n) is 10.9. The molecule has 1 rings (SSSR count). The van der Waals surface area contributed by atoms with E-state index in [2.05, 4.69) is 33.7 Å². The third-order valence-corrected chi connectivity index (χ3v) is 2.40. The molecular formula is C11H22IN5. The Morgan fingerprint density at radius 1 is 1.47 bits per heavy atom. The molecule has 0 saturated heterocycles. The molecule has 0 radical (unpaired) electrons. The fourth-order valence-corrected chi connectivity index (χ4v) is 1.62. The van der Waals surface area contributed by atoms with E-state index in [1.807, 2.05) is 18.7 Å². The van der Waals surface area contributed by atoms with Crippen LogP contribution in [0.1, 0.15) is 17.8 Å². The maximum absolute atomic E-state index is 4.41. The topological polar surface area (TPSA) is 54.2 Å². The number of nitrogens with one attached hydrogen (secondary N) is 2. The van der Waals surface area contributed by atoms with Crippen LogP contribution >= 0.6 is 24.0 Å². The van der Waals surface area contributed by atoms with E-state index in [0.717, 1.165) is 31.2 Å². The first-order valence-corrected chi connectivity index (χ1v) is 5.57. The quantitative estimate of drug-likeness (QED) is 0.372. The monoisotopic (exact) mass is 351 g/mol. The summed E-state index contributed by atoms with van der Waals surface area (Å²) in [6.07, 6.45) is 1.03. The molecule has 17 heavy (non-hydrogen) atoms. The summed E-state index contributed by atoms with van der Waals surface area (Å²) in [7, 11) is 3.62. The van der Waals surface area contributed by atoms with Crippen LogP contribution in [0.3, 0.4) is 0 Å². The predicted molar refractivity (Wildman–Crippen MR) is 82.2 cm³/mol. The van der Waals surface area contributed by atoms with Crippen molar-refractivity contribution in [3.05, 3.63) is 17.5 Å². The highest BCUT2D eigenvalue weighted by Gasteiger charge is 2.00.